The number of para-hydroxylation sites is 1. The number of ether oxygens (including phenoxy) is 1. The van der Waals surface area contributed by atoms with E-state index in [1.807, 2.05) is 96.8 Å². The van der Waals surface area contributed by atoms with Crippen LogP contribution in [0.1, 0.15) is 36.9 Å². The normalized spacial score (nSPS) is 16.9. The molecule has 3 heterocycles. The third-order valence-electron chi connectivity index (χ3n) is 6.20. The predicted octanol–water partition coefficient (Wildman–Crippen LogP) is 5.74. The van der Waals surface area contributed by atoms with Crippen LogP contribution in [0.2, 0.25) is 0 Å². The van der Waals surface area contributed by atoms with Crippen LogP contribution in [0.25, 0.3) is 11.3 Å². The van der Waals surface area contributed by atoms with Crippen molar-refractivity contribution in [2.45, 2.75) is 25.4 Å². The molecule has 0 saturated carbocycles. The number of rotatable bonds is 9. The van der Waals surface area contributed by atoms with Gasteiger partial charge >= 0.3 is 0 Å². The predicted molar refractivity (Wildman–Crippen MR) is 147 cm³/mol. The molecule has 1 aliphatic heterocycles. The molecule has 0 radical (unpaired) electrons. The van der Waals surface area contributed by atoms with Crippen LogP contribution >= 0.6 is 12.2 Å². The fraction of sp³-hybridized carbons (Fsp3) is 0.207. The van der Waals surface area contributed by atoms with E-state index in [0.29, 0.717) is 18.3 Å². The van der Waals surface area contributed by atoms with Gasteiger partial charge in [-0.3, -0.25) is 9.78 Å². The number of amides is 1. The molecule has 2 aromatic heterocycles. The van der Waals surface area contributed by atoms with Gasteiger partial charge in [0.1, 0.15) is 23.3 Å². The van der Waals surface area contributed by atoms with E-state index >= 15 is 0 Å². The third-order valence-corrected chi connectivity index (χ3v) is 6.56. The van der Waals surface area contributed by atoms with Crippen LogP contribution in [0.15, 0.2) is 95.5 Å². The van der Waals surface area contributed by atoms with Crippen molar-refractivity contribution in [1.82, 2.24) is 15.2 Å². The number of nitrogens with zero attached hydrogens (tertiary/aromatic N) is 2. The molecule has 1 aliphatic rings. The molecule has 1 fully saturated rings. The van der Waals surface area contributed by atoms with Gasteiger partial charge in [0, 0.05) is 30.4 Å². The van der Waals surface area contributed by atoms with Gasteiger partial charge in [-0.1, -0.05) is 24.3 Å². The number of thiocarbonyl (C=S) groups is 1. The van der Waals surface area contributed by atoms with Gasteiger partial charge in [-0.05, 0) is 79.8 Å². The number of carbonyl (C=O) groups excluding carboxylic acids is 1. The maximum atomic E-state index is 12.7. The van der Waals surface area contributed by atoms with Crippen LogP contribution < -0.4 is 15.4 Å². The lowest BCUT2D eigenvalue weighted by molar-refractivity contribution is -0.116. The lowest BCUT2D eigenvalue weighted by Gasteiger charge is -2.25. The number of hydrogen-bond acceptors (Lipinski definition) is 5. The summed E-state index contributed by atoms with van der Waals surface area (Å²) < 4.78 is 11.9. The molecule has 8 heteroatoms. The van der Waals surface area contributed by atoms with Crippen LogP contribution in [-0.2, 0) is 4.79 Å². The van der Waals surface area contributed by atoms with E-state index in [-0.39, 0.29) is 24.4 Å². The number of nitrogens with one attached hydrogen (secondary N) is 2. The first-order valence-electron chi connectivity index (χ1n) is 12.3. The Bertz CT molecular complexity index is 1340. The van der Waals surface area contributed by atoms with Crippen molar-refractivity contribution < 1.29 is 13.9 Å². The molecule has 5 rings (SSSR count). The highest BCUT2D eigenvalue weighted by atomic mass is 32.1. The molecule has 1 saturated heterocycles. The second-order valence-corrected chi connectivity index (χ2v) is 9.03. The summed E-state index contributed by atoms with van der Waals surface area (Å²) >= 11 is 5.72. The average Bonchev–Trinajstić information content (AvgIpc) is 3.54. The minimum absolute atomic E-state index is 0.0800. The lowest BCUT2D eigenvalue weighted by atomic mass is 10.0. The van der Waals surface area contributed by atoms with Crippen molar-refractivity contribution in [2.24, 2.45) is 0 Å². The molecule has 2 N–H and O–H groups in total. The Labute approximate surface area is 221 Å². The molecule has 0 spiro atoms. The van der Waals surface area contributed by atoms with E-state index in [2.05, 4.69) is 15.6 Å². The lowest BCUT2D eigenvalue weighted by Crippen LogP contribution is -2.32. The Morgan fingerprint density at radius 2 is 1.84 bits per heavy atom. The Balaban J connectivity index is 1.38. The average molecular weight is 513 g/mol. The molecule has 0 unspecified atom stereocenters. The van der Waals surface area contributed by atoms with E-state index in [4.69, 9.17) is 21.4 Å². The molecule has 0 bridgehead atoms. The standard InChI is InChI=1S/C29H28N4O3S/c1-2-35-22-13-11-20(12-14-22)24-15-16-25(36-24)28-27(23-10-6-7-18-30-23)32-29(37)33(28)19-17-26(34)31-21-8-4-3-5-9-21/h3-16,18,27-28H,2,17,19H2,1H3,(H,31,34)(H,32,37)/t27-,28+/m0/s1. The number of benzene rings is 2. The molecular formula is C29H28N4O3S. The molecular weight excluding hydrogens is 484 g/mol. The van der Waals surface area contributed by atoms with Gasteiger partial charge < -0.3 is 24.7 Å². The number of aromatic nitrogens is 1. The SMILES string of the molecule is CCOc1ccc(-c2ccc([C@@H]3[C@H](c4ccccn4)NC(=S)N3CCC(=O)Nc3ccccc3)o2)cc1. The molecule has 1 amide bonds. The zero-order chi connectivity index (χ0) is 25.6. The number of pyridine rings is 1. The Morgan fingerprint density at radius 3 is 2.57 bits per heavy atom. The monoisotopic (exact) mass is 512 g/mol. The molecule has 0 aliphatic carbocycles. The highest BCUT2D eigenvalue weighted by molar-refractivity contribution is 7.80. The Kier molecular flexibility index (Phi) is 7.46. The minimum atomic E-state index is -0.261. The molecule has 2 aromatic carbocycles. The van der Waals surface area contributed by atoms with Crippen molar-refractivity contribution in [3.8, 4) is 17.1 Å². The maximum absolute atomic E-state index is 12.7. The summed E-state index contributed by atoms with van der Waals surface area (Å²) in [6.45, 7) is 3.01. The van der Waals surface area contributed by atoms with Crippen molar-refractivity contribution in [2.75, 3.05) is 18.5 Å². The Morgan fingerprint density at radius 1 is 1.05 bits per heavy atom. The Hall–Kier alpha value is -4.17. The van der Waals surface area contributed by atoms with E-state index in [9.17, 15) is 4.79 Å². The molecule has 2 atom stereocenters. The van der Waals surface area contributed by atoms with Gasteiger partial charge in [0.05, 0.1) is 18.3 Å². The van der Waals surface area contributed by atoms with Crippen molar-refractivity contribution >= 4 is 28.9 Å². The summed E-state index contributed by atoms with van der Waals surface area (Å²) in [4.78, 5) is 19.3. The summed E-state index contributed by atoms with van der Waals surface area (Å²) in [7, 11) is 0. The van der Waals surface area contributed by atoms with Crippen LogP contribution in [0.3, 0.4) is 0 Å². The smallest absolute Gasteiger partial charge is 0.226 e. The second kappa shape index (κ2) is 11.3. The first-order valence-corrected chi connectivity index (χ1v) is 12.7. The number of anilines is 1. The fourth-order valence-electron chi connectivity index (χ4n) is 4.47. The minimum Gasteiger partial charge on any atom is -0.494 e. The van der Waals surface area contributed by atoms with Gasteiger partial charge in [-0.15, -0.1) is 0 Å². The quantitative estimate of drug-likeness (QED) is 0.277. The zero-order valence-electron chi connectivity index (χ0n) is 20.5. The first kappa shape index (κ1) is 24.5. The van der Waals surface area contributed by atoms with Gasteiger partial charge in [-0.2, -0.15) is 0 Å². The van der Waals surface area contributed by atoms with Gasteiger partial charge in [0.2, 0.25) is 5.91 Å². The van der Waals surface area contributed by atoms with Gasteiger partial charge in [-0.25, -0.2) is 0 Å². The summed E-state index contributed by atoms with van der Waals surface area (Å²) in [5.74, 6) is 2.23. The number of hydrogen-bond donors (Lipinski definition) is 2. The summed E-state index contributed by atoms with van der Waals surface area (Å²) in [5.41, 5.74) is 2.57. The van der Waals surface area contributed by atoms with Crippen LogP contribution in [0.4, 0.5) is 5.69 Å². The first-order chi connectivity index (χ1) is 18.1. The van der Waals surface area contributed by atoms with Crippen molar-refractivity contribution in [3.63, 3.8) is 0 Å². The third kappa shape index (κ3) is 5.65. The highest BCUT2D eigenvalue weighted by Gasteiger charge is 2.41. The fourth-order valence-corrected chi connectivity index (χ4v) is 4.80. The number of furan rings is 1. The van der Waals surface area contributed by atoms with Crippen molar-refractivity contribution in [3.05, 3.63) is 103 Å². The molecule has 7 nitrogen and oxygen atoms in total. The summed E-state index contributed by atoms with van der Waals surface area (Å²) in [6.07, 6.45) is 2.04. The highest BCUT2D eigenvalue weighted by Crippen LogP contribution is 2.40. The second-order valence-electron chi connectivity index (χ2n) is 8.64. The molecule has 188 valence electrons. The van der Waals surface area contributed by atoms with Gasteiger partial charge in [0.15, 0.2) is 5.11 Å². The van der Waals surface area contributed by atoms with E-state index in [1.165, 1.54) is 0 Å². The van der Waals surface area contributed by atoms with Crippen molar-refractivity contribution in [1.29, 1.82) is 0 Å². The van der Waals surface area contributed by atoms with E-state index in [0.717, 1.165) is 34.2 Å². The summed E-state index contributed by atoms with van der Waals surface area (Å²) in [5, 5.41) is 6.90. The van der Waals surface area contributed by atoms with Crippen LogP contribution in [0, 0.1) is 0 Å². The zero-order valence-corrected chi connectivity index (χ0v) is 21.3. The van der Waals surface area contributed by atoms with E-state index in [1.54, 1.807) is 6.20 Å². The van der Waals surface area contributed by atoms with E-state index < -0.39 is 0 Å². The molecule has 37 heavy (non-hydrogen) atoms. The summed E-state index contributed by atoms with van der Waals surface area (Å²) in [6, 6.07) is 26.5. The van der Waals surface area contributed by atoms with Crippen LogP contribution in [0.5, 0.6) is 5.75 Å². The largest absolute Gasteiger partial charge is 0.494 e. The number of carbonyl (C=O) groups is 1. The van der Waals surface area contributed by atoms with Gasteiger partial charge in [0.25, 0.3) is 0 Å². The topological polar surface area (TPSA) is 79.6 Å². The van der Waals surface area contributed by atoms with Crippen LogP contribution in [-0.4, -0.2) is 34.1 Å². The molecule has 4 aromatic rings. The maximum Gasteiger partial charge on any atom is 0.226 e.